The van der Waals surface area contributed by atoms with E-state index >= 15 is 0 Å². The Bertz CT molecular complexity index is 141. The molecule has 0 amide bonds. The molecule has 0 aromatic carbocycles. The number of hydrogen-bond donors (Lipinski definition) is 2. The van der Waals surface area contributed by atoms with Gasteiger partial charge in [0.05, 0.1) is 11.9 Å². The first kappa shape index (κ1) is 23.1. The predicted molar refractivity (Wildman–Crippen MR) is 23.4 cm³/mol. The molecule has 0 bridgehead atoms. The first-order chi connectivity index (χ1) is 4.37. The van der Waals surface area contributed by atoms with Crippen LogP contribution in [0.25, 0.3) is 0 Å². The van der Waals surface area contributed by atoms with E-state index in [1.54, 1.807) is 0 Å². The minimum atomic E-state index is -2.61. The molecule has 7 nitrogen and oxygen atoms in total. The molecule has 0 spiro atoms. The van der Waals surface area contributed by atoms with Gasteiger partial charge in [-0.15, -0.1) is 0 Å². The molecule has 0 unspecified atom stereocenters. The van der Waals surface area contributed by atoms with E-state index in [4.69, 9.17) is 33.1 Å². The molecule has 0 aliphatic rings. The first-order valence-electron chi connectivity index (χ1n) is 1.60. The Morgan fingerprint density at radius 2 is 1.08 bits per heavy atom. The molecule has 0 saturated heterocycles. The molecule has 0 rings (SSSR count). The maximum atomic E-state index is 8.93. The smallest absolute Gasteiger partial charge is 0.543 e. The van der Waals surface area contributed by atoms with Crippen LogP contribution in [0.3, 0.4) is 0 Å². The molecule has 0 heterocycles. The summed E-state index contributed by atoms with van der Waals surface area (Å²) in [5.74, 6) is -4.37. The molecule has 0 aromatic heterocycles. The van der Waals surface area contributed by atoms with Gasteiger partial charge in [0.1, 0.15) is 0 Å². The summed E-state index contributed by atoms with van der Waals surface area (Å²) < 4.78 is 22.8. The fraction of sp³-hybridized carbons (Fsp3) is 0. The van der Waals surface area contributed by atoms with E-state index in [2.05, 4.69) is 0 Å². The number of aliphatic carboxylic acids is 2. The quantitative estimate of drug-likeness (QED) is 0.233. The van der Waals surface area contributed by atoms with Gasteiger partial charge in [0.2, 0.25) is 0 Å². The molecule has 0 saturated carbocycles. The molecule has 2 N–H and O–H groups in total. The van der Waals surface area contributed by atoms with Crippen LogP contribution in [0, 0.1) is 0 Å². The minimum Gasteiger partial charge on any atom is -0.543 e. The molecule has 0 aliphatic carbocycles. The number of hydrogen-bond acceptors (Lipinski definition) is 5. The van der Waals surface area contributed by atoms with E-state index in [9.17, 15) is 0 Å². The third-order valence-electron chi connectivity index (χ3n) is 0.167. The molecule has 0 aliphatic heterocycles. The summed E-state index contributed by atoms with van der Waals surface area (Å²) in [5.41, 5.74) is 0. The third-order valence-corrected chi connectivity index (χ3v) is 0.167. The molecule has 0 aromatic rings. The van der Waals surface area contributed by atoms with Crippen molar-refractivity contribution in [3.8, 4) is 0 Å². The number of carbonyl (C=O) groups excluding carboxylic acids is 2. The van der Waals surface area contributed by atoms with Crippen LogP contribution in [0.15, 0.2) is 0 Å². The Morgan fingerprint density at radius 1 is 1.00 bits per heavy atom. The summed E-state index contributed by atoms with van der Waals surface area (Å²) >= 11 is -2.61. The van der Waals surface area contributed by atoms with Crippen molar-refractivity contribution in [2.75, 3.05) is 0 Å². The number of carboxylic acid groups (broad SMARTS) is 2. The van der Waals surface area contributed by atoms with Crippen LogP contribution in [0.2, 0.25) is 0 Å². The molecule has 0 fully saturated rings. The minimum absolute atomic E-state index is 0. The second-order valence-electron chi connectivity index (χ2n) is 0.806. The molecule has 10 heteroatoms. The van der Waals surface area contributed by atoms with Crippen molar-refractivity contribution < 1.29 is 92.2 Å². The fourth-order valence-electron chi connectivity index (χ4n) is 0. The van der Waals surface area contributed by atoms with Gasteiger partial charge >= 0.3 is 59.1 Å². The Morgan fingerprint density at radius 3 is 1.08 bits per heavy atom. The number of carbonyl (C=O) groups is 2. The second-order valence-corrected chi connectivity index (χ2v) is 1.27. The summed E-state index contributed by atoms with van der Waals surface area (Å²) in [7, 11) is 0. The van der Waals surface area contributed by atoms with E-state index in [-0.39, 0.29) is 59.1 Å². The zero-order valence-electron chi connectivity index (χ0n) is 6.34. The van der Waals surface area contributed by atoms with Crippen LogP contribution in [0.5, 0.6) is 0 Å². The Kier molecular flexibility index (Phi) is 28.0. The SMILES string of the molecule is O=C([O-])C(=O)[O-].O=S(O)O.[Na+].[Na+]. The van der Waals surface area contributed by atoms with E-state index < -0.39 is 23.3 Å². The van der Waals surface area contributed by atoms with E-state index in [1.165, 1.54) is 0 Å². The fourth-order valence-corrected chi connectivity index (χ4v) is 0. The van der Waals surface area contributed by atoms with Crippen LogP contribution in [-0.4, -0.2) is 25.3 Å². The van der Waals surface area contributed by atoms with Crippen LogP contribution in [-0.2, 0) is 21.0 Å². The summed E-state index contributed by atoms with van der Waals surface area (Å²) in [6.07, 6.45) is 0. The van der Waals surface area contributed by atoms with Crippen molar-refractivity contribution in [2.45, 2.75) is 0 Å². The van der Waals surface area contributed by atoms with Crippen LogP contribution >= 0.6 is 0 Å². The van der Waals surface area contributed by atoms with Gasteiger partial charge in [-0.25, -0.2) is 0 Å². The first-order valence-corrected chi connectivity index (χ1v) is 2.66. The van der Waals surface area contributed by atoms with E-state index in [0.717, 1.165) is 0 Å². The topological polar surface area (TPSA) is 138 Å². The number of rotatable bonds is 0. The second kappa shape index (κ2) is 14.5. The Hall–Kier alpha value is 1.01. The maximum absolute atomic E-state index is 8.93. The molecule has 0 radical (unpaired) electrons. The van der Waals surface area contributed by atoms with Gasteiger partial charge in [0.15, 0.2) is 0 Å². The van der Waals surface area contributed by atoms with Crippen molar-refractivity contribution in [2.24, 2.45) is 0 Å². The van der Waals surface area contributed by atoms with Crippen LogP contribution in [0.4, 0.5) is 0 Å². The zero-order chi connectivity index (χ0) is 8.73. The average Bonchev–Trinajstić information content (AvgIpc) is 1.63. The van der Waals surface area contributed by atoms with Gasteiger partial charge in [0.25, 0.3) is 11.4 Å². The van der Waals surface area contributed by atoms with Crippen molar-refractivity contribution in [3.05, 3.63) is 0 Å². The molecule has 12 heavy (non-hydrogen) atoms. The summed E-state index contributed by atoms with van der Waals surface area (Å²) in [5, 5.41) is 17.9. The summed E-state index contributed by atoms with van der Waals surface area (Å²) in [4.78, 5) is 17.9. The maximum Gasteiger partial charge on any atom is 1.00 e. The van der Waals surface area contributed by atoms with Gasteiger partial charge in [-0.3, -0.25) is 9.11 Å². The number of carboxylic acids is 2. The van der Waals surface area contributed by atoms with Gasteiger partial charge in [-0.1, -0.05) is 0 Å². The van der Waals surface area contributed by atoms with Crippen molar-refractivity contribution >= 4 is 23.3 Å². The van der Waals surface area contributed by atoms with Crippen molar-refractivity contribution in [1.82, 2.24) is 0 Å². The van der Waals surface area contributed by atoms with Crippen molar-refractivity contribution in [3.63, 3.8) is 0 Å². The molecular formula is C2H2Na2O7S. The standard InChI is InChI=1S/C2H2O4.2Na.H2O3S/c3-1(4)2(5)6;;;1-4(2)3/h(H,3,4)(H,5,6);;;(H2,1,2,3)/q;2*+1;/p-2. The van der Waals surface area contributed by atoms with E-state index in [0.29, 0.717) is 0 Å². The Labute approximate surface area is 114 Å². The Balaban J connectivity index is -0.0000000483. The largest absolute Gasteiger partial charge is 1.00 e. The predicted octanol–water partition coefficient (Wildman–Crippen LogP) is -9.82. The van der Waals surface area contributed by atoms with Gasteiger partial charge in [-0.2, -0.15) is 4.21 Å². The summed E-state index contributed by atoms with van der Waals surface area (Å²) in [6.45, 7) is 0. The van der Waals surface area contributed by atoms with Crippen LogP contribution in [0.1, 0.15) is 0 Å². The van der Waals surface area contributed by atoms with Crippen LogP contribution < -0.4 is 69.3 Å². The van der Waals surface area contributed by atoms with Gasteiger partial charge in [0, 0.05) is 0 Å². The molecule has 0 atom stereocenters. The monoisotopic (exact) mass is 216 g/mol. The van der Waals surface area contributed by atoms with Crippen molar-refractivity contribution in [1.29, 1.82) is 0 Å². The molecular weight excluding hydrogens is 214 g/mol. The summed E-state index contributed by atoms with van der Waals surface area (Å²) in [6, 6.07) is 0. The zero-order valence-corrected chi connectivity index (χ0v) is 11.2. The van der Waals surface area contributed by atoms with Gasteiger partial charge < -0.3 is 19.8 Å². The normalized spacial score (nSPS) is 6.58. The average molecular weight is 216 g/mol. The molecule has 60 valence electrons. The van der Waals surface area contributed by atoms with Gasteiger partial charge in [-0.05, 0) is 0 Å². The van der Waals surface area contributed by atoms with E-state index in [1.807, 2.05) is 0 Å². The third kappa shape index (κ3) is 44.0.